The fourth-order valence-corrected chi connectivity index (χ4v) is 3.16. The summed E-state index contributed by atoms with van der Waals surface area (Å²) < 4.78 is 5.28. The van der Waals surface area contributed by atoms with Crippen molar-refractivity contribution in [3.8, 4) is 0 Å². The van der Waals surface area contributed by atoms with Crippen LogP contribution in [0, 0.1) is 0 Å². The smallest absolute Gasteiger partial charge is 0.412 e. The average Bonchev–Trinajstić information content (AvgIpc) is 2.73. The van der Waals surface area contributed by atoms with Crippen molar-refractivity contribution in [3.05, 3.63) is 71.4 Å². The number of nitrogens with zero attached hydrogens (tertiary/aromatic N) is 2. The van der Waals surface area contributed by atoms with Crippen LogP contribution in [-0.2, 0) is 16.1 Å². The van der Waals surface area contributed by atoms with Gasteiger partial charge in [-0.3, -0.25) is 15.1 Å². The van der Waals surface area contributed by atoms with Gasteiger partial charge in [0.15, 0.2) is 0 Å². The van der Waals surface area contributed by atoms with Crippen molar-refractivity contribution in [1.82, 2.24) is 15.4 Å². The number of aromatic nitrogens is 1. The molecule has 0 saturated carbocycles. The van der Waals surface area contributed by atoms with Gasteiger partial charge in [-0.15, -0.1) is 0 Å². The lowest BCUT2D eigenvalue weighted by Crippen LogP contribution is -2.49. The van der Waals surface area contributed by atoms with E-state index in [0.717, 1.165) is 16.3 Å². The highest BCUT2D eigenvalue weighted by Crippen LogP contribution is 2.17. The van der Waals surface area contributed by atoms with Gasteiger partial charge < -0.3 is 4.74 Å². The minimum Gasteiger partial charge on any atom is -0.447 e. The summed E-state index contributed by atoms with van der Waals surface area (Å²) in [7, 11) is 0. The third kappa shape index (κ3) is 5.68. The maximum absolute atomic E-state index is 12.2. The van der Waals surface area contributed by atoms with Gasteiger partial charge >= 0.3 is 6.09 Å². The Labute approximate surface area is 180 Å². The number of hydrogen-bond acceptors (Lipinski definition) is 5. The zero-order valence-electron chi connectivity index (χ0n) is 16.8. The third-order valence-corrected chi connectivity index (χ3v) is 4.86. The molecule has 1 heterocycles. The van der Waals surface area contributed by atoms with Crippen molar-refractivity contribution in [3.63, 3.8) is 0 Å². The minimum absolute atomic E-state index is 0.00845. The van der Waals surface area contributed by atoms with Crippen molar-refractivity contribution >= 4 is 40.2 Å². The lowest BCUT2D eigenvalue weighted by molar-refractivity contribution is -0.135. The number of hydrogen-bond donors (Lipinski definition) is 2. The maximum Gasteiger partial charge on any atom is 0.412 e. The number of halogens is 1. The van der Waals surface area contributed by atoms with Gasteiger partial charge in [0, 0.05) is 30.1 Å². The predicted molar refractivity (Wildman–Crippen MR) is 117 cm³/mol. The molecule has 0 aliphatic heterocycles. The SMILES string of the molecule is CC(=O)N(NCc1ccccc1Cl)[C@H](C)COC(=O)Nc1cc2ccccc2cn1. The van der Waals surface area contributed by atoms with E-state index >= 15 is 0 Å². The molecule has 2 aromatic carbocycles. The fourth-order valence-electron chi connectivity index (χ4n) is 2.95. The number of anilines is 1. The zero-order chi connectivity index (χ0) is 21.5. The average molecular weight is 427 g/mol. The number of fused-ring (bicyclic) bond motifs is 1. The molecule has 0 unspecified atom stereocenters. The molecular weight excluding hydrogens is 404 g/mol. The summed E-state index contributed by atoms with van der Waals surface area (Å²) in [6.45, 7) is 3.60. The van der Waals surface area contributed by atoms with Crippen molar-refractivity contribution < 1.29 is 14.3 Å². The Kier molecular flexibility index (Phi) is 7.21. The van der Waals surface area contributed by atoms with Gasteiger partial charge in [-0.25, -0.2) is 15.2 Å². The van der Waals surface area contributed by atoms with Gasteiger partial charge in [-0.2, -0.15) is 0 Å². The van der Waals surface area contributed by atoms with E-state index in [1.807, 2.05) is 42.5 Å². The van der Waals surface area contributed by atoms with Crippen LogP contribution in [-0.4, -0.2) is 34.6 Å². The van der Waals surface area contributed by atoms with Crippen LogP contribution >= 0.6 is 11.6 Å². The quantitative estimate of drug-likeness (QED) is 0.548. The van der Waals surface area contributed by atoms with Crippen molar-refractivity contribution in [2.24, 2.45) is 0 Å². The van der Waals surface area contributed by atoms with E-state index in [4.69, 9.17) is 16.3 Å². The standard InChI is InChI=1S/C22H23ClN4O3/c1-15(27(16(2)28)25-13-19-9-5-6-10-20(19)23)14-30-22(29)26-21-11-17-7-3-4-8-18(17)12-24-21/h3-12,15,25H,13-14H2,1-2H3,(H,24,26,29)/t15-/m1/s1. The van der Waals surface area contributed by atoms with Gasteiger partial charge in [0.05, 0.1) is 6.04 Å². The van der Waals surface area contributed by atoms with Crippen LogP contribution in [0.2, 0.25) is 5.02 Å². The number of pyridine rings is 1. The number of carbonyl (C=O) groups excluding carboxylic acids is 2. The largest absolute Gasteiger partial charge is 0.447 e. The molecule has 0 spiro atoms. The van der Waals surface area contributed by atoms with Crippen LogP contribution in [0.15, 0.2) is 60.8 Å². The van der Waals surface area contributed by atoms with Gasteiger partial charge in [0.2, 0.25) is 5.91 Å². The molecule has 30 heavy (non-hydrogen) atoms. The number of rotatable bonds is 7. The van der Waals surface area contributed by atoms with E-state index < -0.39 is 6.09 Å². The summed E-state index contributed by atoms with van der Waals surface area (Å²) >= 11 is 6.16. The Morgan fingerprint density at radius 2 is 1.83 bits per heavy atom. The Balaban J connectivity index is 1.53. The van der Waals surface area contributed by atoms with E-state index in [1.54, 1.807) is 25.3 Å². The van der Waals surface area contributed by atoms with Gasteiger partial charge in [0.1, 0.15) is 12.4 Å². The summed E-state index contributed by atoms with van der Waals surface area (Å²) in [6.07, 6.45) is 1.04. The second-order valence-corrected chi connectivity index (χ2v) is 7.21. The molecule has 3 rings (SSSR count). The molecule has 0 radical (unpaired) electrons. The van der Waals surface area contributed by atoms with E-state index in [9.17, 15) is 9.59 Å². The molecule has 0 aliphatic rings. The molecule has 0 aliphatic carbocycles. The van der Waals surface area contributed by atoms with Crippen molar-refractivity contribution in [1.29, 1.82) is 0 Å². The Morgan fingerprint density at radius 3 is 2.57 bits per heavy atom. The molecule has 1 aromatic heterocycles. The first-order valence-corrected chi connectivity index (χ1v) is 9.87. The van der Waals surface area contributed by atoms with Gasteiger partial charge in [0.25, 0.3) is 0 Å². The molecule has 0 bridgehead atoms. The monoisotopic (exact) mass is 426 g/mol. The van der Waals surface area contributed by atoms with Crippen LogP contribution < -0.4 is 10.7 Å². The molecule has 7 nitrogen and oxygen atoms in total. The minimum atomic E-state index is -0.640. The number of amides is 2. The van der Waals surface area contributed by atoms with E-state index in [-0.39, 0.29) is 18.6 Å². The van der Waals surface area contributed by atoms with Crippen molar-refractivity contribution in [2.75, 3.05) is 11.9 Å². The summed E-state index contributed by atoms with van der Waals surface area (Å²) in [5, 5.41) is 6.58. The number of nitrogens with one attached hydrogen (secondary N) is 2. The number of carbonyl (C=O) groups is 2. The highest BCUT2D eigenvalue weighted by atomic mass is 35.5. The summed E-state index contributed by atoms with van der Waals surface area (Å²) in [4.78, 5) is 28.4. The fraction of sp³-hybridized carbons (Fsp3) is 0.227. The van der Waals surface area contributed by atoms with E-state index in [2.05, 4.69) is 15.7 Å². The van der Waals surface area contributed by atoms with Crippen LogP contribution in [0.3, 0.4) is 0 Å². The Bertz CT molecular complexity index is 1040. The molecule has 3 aromatic rings. The number of hydrazine groups is 1. The second-order valence-electron chi connectivity index (χ2n) is 6.80. The molecule has 156 valence electrons. The van der Waals surface area contributed by atoms with Crippen molar-refractivity contribution in [2.45, 2.75) is 26.4 Å². The highest BCUT2D eigenvalue weighted by molar-refractivity contribution is 6.31. The highest BCUT2D eigenvalue weighted by Gasteiger charge is 2.19. The van der Waals surface area contributed by atoms with Gasteiger partial charge in [-0.05, 0) is 30.0 Å². The summed E-state index contributed by atoms with van der Waals surface area (Å²) in [5.41, 5.74) is 3.90. The lowest BCUT2D eigenvalue weighted by Gasteiger charge is -2.28. The first-order valence-electron chi connectivity index (χ1n) is 9.49. The first kappa shape index (κ1) is 21.5. The van der Waals surface area contributed by atoms with Crippen LogP contribution in [0.25, 0.3) is 10.8 Å². The normalized spacial score (nSPS) is 11.7. The summed E-state index contributed by atoms with van der Waals surface area (Å²) in [5.74, 6) is 0.196. The van der Waals surface area contributed by atoms with Crippen LogP contribution in [0.4, 0.5) is 10.6 Å². The molecule has 2 amide bonds. The summed E-state index contributed by atoms with van der Waals surface area (Å²) in [6, 6.07) is 16.5. The topological polar surface area (TPSA) is 83.6 Å². The third-order valence-electron chi connectivity index (χ3n) is 4.49. The Morgan fingerprint density at radius 1 is 1.13 bits per heavy atom. The molecule has 0 saturated heterocycles. The molecule has 1 atom stereocenters. The molecular formula is C22H23ClN4O3. The lowest BCUT2D eigenvalue weighted by atomic mass is 10.2. The van der Waals surface area contributed by atoms with E-state index in [0.29, 0.717) is 17.4 Å². The molecule has 8 heteroatoms. The second kappa shape index (κ2) is 10.0. The number of ether oxygens (including phenoxy) is 1. The van der Waals surface area contributed by atoms with Crippen LogP contribution in [0.1, 0.15) is 19.4 Å². The maximum atomic E-state index is 12.2. The predicted octanol–water partition coefficient (Wildman–Crippen LogP) is 4.38. The molecule has 2 N–H and O–H groups in total. The number of benzene rings is 2. The zero-order valence-corrected chi connectivity index (χ0v) is 17.5. The first-order chi connectivity index (χ1) is 14.4. The van der Waals surface area contributed by atoms with Gasteiger partial charge in [-0.1, -0.05) is 54.1 Å². The molecule has 0 fully saturated rings. The van der Waals surface area contributed by atoms with E-state index in [1.165, 1.54) is 11.9 Å². The Hall–Kier alpha value is -3.16. The van der Waals surface area contributed by atoms with Crippen LogP contribution in [0.5, 0.6) is 0 Å².